The SMILES string of the molecule is O=C(O)c1cc(NC2CCOC2)ccc1Cl. The molecule has 1 saturated heterocycles. The number of ether oxygens (including phenoxy) is 1. The standard InChI is InChI=1S/C11H12ClNO3/c12-10-2-1-7(5-9(10)11(14)15)13-8-3-4-16-6-8/h1-2,5,8,13H,3-4,6H2,(H,14,15). The summed E-state index contributed by atoms with van der Waals surface area (Å²) in [6, 6.07) is 5.15. The summed E-state index contributed by atoms with van der Waals surface area (Å²) in [6.45, 7) is 1.40. The second-order valence-corrected chi connectivity index (χ2v) is 4.11. The number of hydrogen-bond acceptors (Lipinski definition) is 3. The Kier molecular flexibility index (Phi) is 3.31. The summed E-state index contributed by atoms with van der Waals surface area (Å²) in [5, 5.41) is 12.4. The van der Waals surface area contributed by atoms with Crippen LogP contribution in [0.25, 0.3) is 0 Å². The van der Waals surface area contributed by atoms with E-state index in [-0.39, 0.29) is 16.6 Å². The van der Waals surface area contributed by atoms with Crippen molar-refractivity contribution in [1.29, 1.82) is 0 Å². The first-order chi connectivity index (χ1) is 7.66. The van der Waals surface area contributed by atoms with Crippen LogP contribution in [-0.2, 0) is 4.74 Å². The minimum Gasteiger partial charge on any atom is -0.478 e. The van der Waals surface area contributed by atoms with Crippen molar-refractivity contribution in [3.05, 3.63) is 28.8 Å². The fourth-order valence-electron chi connectivity index (χ4n) is 1.66. The van der Waals surface area contributed by atoms with E-state index in [1.54, 1.807) is 18.2 Å². The molecule has 1 fully saturated rings. The van der Waals surface area contributed by atoms with Crippen molar-refractivity contribution in [3.8, 4) is 0 Å². The second-order valence-electron chi connectivity index (χ2n) is 3.70. The molecule has 2 rings (SSSR count). The zero-order chi connectivity index (χ0) is 11.5. The van der Waals surface area contributed by atoms with Gasteiger partial charge in [0.2, 0.25) is 0 Å². The Morgan fingerprint density at radius 1 is 1.56 bits per heavy atom. The third-order valence-electron chi connectivity index (χ3n) is 2.50. The molecule has 0 radical (unpaired) electrons. The van der Waals surface area contributed by atoms with Crippen LogP contribution in [0, 0.1) is 0 Å². The molecule has 1 aromatic carbocycles. The molecule has 16 heavy (non-hydrogen) atoms. The van der Waals surface area contributed by atoms with E-state index in [0.29, 0.717) is 6.61 Å². The summed E-state index contributed by atoms with van der Waals surface area (Å²) in [6.07, 6.45) is 0.936. The van der Waals surface area contributed by atoms with Gasteiger partial charge in [-0.15, -0.1) is 0 Å². The van der Waals surface area contributed by atoms with Gasteiger partial charge in [-0.25, -0.2) is 4.79 Å². The molecule has 1 atom stereocenters. The number of hydrogen-bond donors (Lipinski definition) is 2. The summed E-state index contributed by atoms with van der Waals surface area (Å²) in [5.41, 5.74) is 0.878. The van der Waals surface area contributed by atoms with Gasteiger partial charge in [-0.05, 0) is 24.6 Å². The smallest absolute Gasteiger partial charge is 0.337 e. The highest BCUT2D eigenvalue weighted by molar-refractivity contribution is 6.33. The first kappa shape index (κ1) is 11.2. The van der Waals surface area contributed by atoms with Gasteiger partial charge in [-0.2, -0.15) is 0 Å². The van der Waals surface area contributed by atoms with Gasteiger partial charge in [0.15, 0.2) is 0 Å². The Morgan fingerprint density at radius 2 is 2.38 bits per heavy atom. The van der Waals surface area contributed by atoms with Gasteiger partial charge in [-0.3, -0.25) is 0 Å². The Balaban J connectivity index is 2.15. The van der Waals surface area contributed by atoms with Crippen LogP contribution in [0.2, 0.25) is 5.02 Å². The van der Waals surface area contributed by atoms with Crippen molar-refractivity contribution in [3.63, 3.8) is 0 Å². The molecule has 86 valence electrons. The molecule has 1 heterocycles. The zero-order valence-corrected chi connectivity index (χ0v) is 9.33. The molecule has 2 N–H and O–H groups in total. The molecule has 1 unspecified atom stereocenters. The predicted octanol–water partition coefficient (Wildman–Crippen LogP) is 2.24. The van der Waals surface area contributed by atoms with Crippen LogP contribution in [0.4, 0.5) is 5.69 Å². The third-order valence-corrected chi connectivity index (χ3v) is 2.83. The number of halogens is 1. The maximum absolute atomic E-state index is 10.9. The van der Waals surface area contributed by atoms with Crippen molar-refractivity contribution >= 4 is 23.3 Å². The predicted molar refractivity (Wildman–Crippen MR) is 61.3 cm³/mol. The highest BCUT2D eigenvalue weighted by atomic mass is 35.5. The lowest BCUT2D eigenvalue weighted by Crippen LogP contribution is -2.19. The fourth-order valence-corrected chi connectivity index (χ4v) is 1.86. The molecule has 0 aliphatic carbocycles. The van der Waals surface area contributed by atoms with Gasteiger partial charge in [-0.1, -0.05) is 11.6 Å². The molecular weight excluding hydrogens is 230 g/mol. The van der Waals surface area contributed by atoms with E-state index in [4.69, 9.17) is 21.4 Å². The summed E-state index contributed by atoms with van der Waals surface area (Å²) < 4.78 is 5.23. The molecule has 0 bridgehead atoms. The molecule has 1 aliphatic heterocycles. The van der Waals surface area contributed by atoms with Gasteiger partial charge in [0.1, 0.15) is 0 Å². The number of nitrogens with one attached hydrogen (secondary N) is 1. The van der Waals surface area contributed by atoms with Crippen LogP contribution >= 0.6 is 11.6 Å². The van der Waals surface area contributed by atoms with Crippen molar-refractivity contribution < 1.29 is 14.6 Å². The van der Waals surface area contributed by atoms with Gasteiger partial charge in [0, 0.05) is 12.3 Å². The molecule has 1 aliphatic rings. The third kappa shape index (κ3) is 2.46. The van der Waals surface area contributed by atoms with Crippen LogP contribution in [-0.4, -0.2) is 30.3 Å². The first-order valence-corrected chi connectivity index (χ1v) is 5.42. The van der Waals surface area contributed by atoms with Crippen LogP contribution in [0.3, 0.4) is 0 Å². The highest BCUT2D eigenvalue weighted by Crippen LogP contribution is 2.22. The molecular formula is C11H12ClNO3. The molecule has 0 amide bonds. The normalized spacial score (nSPS) is 19.7. The van der Waals surface area contributed by atoms with Crippen molar-refractivity contribution in [2.24, 2.45) is 0 Å². The van der Waals surface area contributed by atoms with Crippen LogP contribution in [0.5, 0.6) is 0 Å². The number of anilines is 1. The van der Waals surface area contributed by atoms with Crippen molar-refractivity contribution in [2.45, 2.75) is 12.5 Å². The monoisotopic (exact) mass is 241 g/mol. The van der Waals surface area contributed by atoms with Gasteiger partial charge >= 0.3 is 5.97 Å². The van der Waals surface area contributed by atoms with E-state index in [2.05, 4.69) is 5.32 Å². The number of carboxylic acid groups (broad SMARTS) is 1. The maximum Gasteiger partial charge on any atom is 0.337 e. The Bertz CT molecular complexity index is 402. The second kappa shape index (κ2) is 4.72. The molecule has 5 heteroatoms. The summed E-state index contributed by atoms with van der Waals surface area (Å²) in [5.74, 6) is -1.02. The molecule has 0 saturated carbocycles. The van der Waals surface area contributed by atoms with E-state index in [1.165, 1.54) is 0 Å². The van der Waals surface area contributed by atoms with Gasteiger partial charge in [0.05, 0.1) is 23.2 Å². The van der Waals surface area contributed by atoms with Crippen LogP contribution in [0.1, 0.15) is 16.8 Å². The average molecular weight is 242 g/mol. The van der Waals surface area contributed by atoms with E-state index < -0.39 is 5.97 Å². The Morgan fingerprint density at radius 3 is 3.00 bits per heavy atom. The van der Waals surface area contributed by atoms with E-state index in [1.807, 2.05) is 0 Å². The minimum atomic E-state index is -1.02. The lowest BCUT2D eigenvalue weighted by atomic mass is 10.1. The largest absolute Gasteiger partial charge is 0.478 e. The quantitative estimate of drug-likeness (QED) is 0.852. The van der Waals surface area contributed by atoms with E-state index >= 15 is 0 Å². The van der Waals surface area contributed by atoms with Crippen LogP contribution in [0.15, 0.2) is 18.2 Å². The first-order valence-electron chi connectivity index (χ1n) is 5.04. The Labute approximate surface area is 98.2 Å². The summed E-state index contributed by atoms with van der Waals surface area (Å²) >= 11 is 5.77. The molecule has 0 aromatic heterocycles. The van der Waals surface area contributed by atoms with Gasteiger partial charge in [0.25, 0.3) is 0 Å². The minimum absolute atomic E-state index is 0.116. The highest BCUT2D eigenvalue weighted by Gasteiger charge is 2.16. The average Bonchev–Trinajstić information content (AvgIpc) is 2.73. The molecule has 4 nitrogen and oxygen atoms in total. The van der Waals surface area contributed by atoms with Crippen molar-refractivity contribution in [1.82, 2.24) is 0 Å². The topological polar surface area (TPSA) is 58.6 Å². The lowest BCUT2D eigenvalue weighted by molar-refractivity contribution is 0.0697. The lowest BCUT2D eigenvalue weighted by Gasteiger charge is -2.12. The molecule has 1 aromatic rings. The molecule has 0 spiro atoms. The van der Waals surface area contributed by atoms with Crippen molar-refractivity contribution in [2.75, 3.05) is 18.5 Å². The maximum atomic E-state index is 10.9. The zero-order valence-electron chi connectivity index (χ0n) is 8.57. The number of rotatable bonds is 3. The van der Waals surface area contributed by atoms with E-state index in [9.17, 15) is 4.79 Å². The fraction of sp³-hybridized carbons (Fsp3) is 0.364. The number of carbonyl (C=O) groups is 1. The van der Waals surface area contributed by atoms with Crippen LogP contribution < -0.4 is 5.32 Å². The van der Waals surface area contributed by atoms with E-state index in [0.717, 1.165) is 18.7 Å². The number of benzene rings is 1. The Hall–Kier alpha value is -1.26. The summed E-state index contributed by atoms with van der Waals surface area (Å²) in [4.78, 5) is 10.9. The number of carboxylic acids is 1. The van der Waals surface area contributed by atoms with Gasteiger partial charge < -0.3 is 15.2 Å². The number of aromatic carboxylic acids is 1. The summed E-state index contributed by atoms with van der Waals surface area (Å²) in [7, 11) is 0.